The van der Waals surface area contributed by atoms with Crippen molar-refractivity contribution >= 4 is 29.9 Å². The third kappa shape index (κ3) is 6.25. The van der Waals surface area contributed by atoms with Gasteiger partial charge in [0.2, 0.25) is 5.88 Å². The number of methoxy groups -OCH3 is 3. The van der Waals surface area contributed by atoms with Crippen molar-refractivity contribution in [2.45, 2.75) is 13.1 Å². The summed E-state index contributed by atoms with van der Waals surface area (Å²) in [6.45, 7) is 1.23. The number of rotatable bonds is 7. The lowest BCUT2D eigenvalue weighted by atomic mass is 10.2. The Morgan fingerprint density at radius 3 is 2.12 bits per heavy atom. The van der Waals surface area contributed by atoms with Crippen molar-refractivity contribution in [2.75, 3.05) is 28.4 Å². The van der Waals surface area contributed by atoms with Crippen LogP contribution >= 0.6 is 24.0 Å². The number of ether oxygens (including phenoxy) is 3. The largest absolute Gasteiger partial charge is 0.493 e. The van der Waals surface area contributed by atoms with E-state index in [1.54, 1.807) is 34.6 Å². The van der Waals surface area contributed by atoms with Crippen molar-refractivity contribution in [1.82, 2.24) is 15.6 Å². The Morgan fingerprint density at radius 1 is 0.923 bits per heavy atom. The van der Waals surface area contributed by atoms with Gasteiger partial charge >= 0.3 is 0 Å². The predicted molar refractivity (Wildman–Crippen MR) is 113 cm³/mol. The Morgan fingerprint density at radius 2 is 1.58 bits per heavy atom. The number of guanidine groups is 1. The normalized spacial score (nSPS) is 10.5. The summed E-state index contributed by atoms with van der Waals surface area (Å²) in [5.41, 5.74) is 2.10. The maximum Gasteiger partial charge on any atom is 0.212 e. The second-order valence-corrected chi connectivity index (χ2v) is 5.18. The first kappa shape index (κ1) is 21.8. The molecule has 26 heavy (non-hydrogen) atoms. The first-order valence-corrected chi connectivity index (χ1v) is 7.84. The van der Waals surface area contributed by atoms with Crippen molar-refractivity contribution in [3.05, 3.63) is 47.7 Å². The molecule has 0 amide bonds. The molecule has 1 aromatic heterocycles. The first-order chi connectivity index (χ1) is 12.2. The minimum atomic E-state index is 0. The van der Waals surface area contributed by atoms with Crippen LogP contribution in [0.25, 0.3) is 0 Å². The van der Waals surface area contributed by atoms with E-state index in [-0.39, 0.29) is 24.0 Å². The minimum absolute atomic E-state index is 0. The second-order valence-electron chi connectivity index (χ2n) is 5.18. The van der Waals surface area contributed by atoms with Gasteiger partial charge in [-0.25, -0.2) is 4.98 Å². The summed E-state index contributed by atoms with van der Waals surface area (Å²) in [5.74, 6) is 2.71. The first-order valence-electron chi connectivity index (χ1n) is 7.84. The quantitative estimate of drug-likeness (QED) is 0.367. The van der Waals surface area contributed by atoms with Crippen molar-refractivity contribution in [3.63, 3.8) is 0 Å². The molecule has 2 rings (SSSR count). The highest BCUT2D eigenvalue weighted by Gasteiger charge is 2.05. The summed E-state index contributed by atoms with van der Waals surface area (Å²) in [7, 11) is 6.57. The van der Waals surface area contributed by atoms with E-state index < -0.39 is 0 Å². The van der Waals surface area contributed by atoms with E-state index in [0.29, 0.717) is 36.4 Å². The van der Waals surface area contributed by atoms with Crippen LogP contribution in [0.4, 0.5) is 0 Å². The molecule has 0 aliphatic heterocycles. The van der Waals surface area contributed by atoms with Crippen LogP contribution < -0.4 is 24.8 Å². The number of nitrogens with zero attached hydrogens (tertiary/aromatic N) is 2. The van der Waals surface area contributed by atoms with Crippen LogP contribution in [0.2, 0.25) is 0 Å². The number of benzene rings is 1. The smallest absolute Gasteiger partial charge is 0.212 e. The summed E-state index contributed by atoms with van der Waals surface area (Å²) in [6, 6.07) is 9.59. The molecule has 7 nitrogen and oxygen atoms in total. The van der Waals surface area contributed by atoms with Crippen LogP contribution in [0.5, 0.6) is 17.4 Å². The molecule has 0 unspecified atom stereocenters. The molecule has 0 saturated heterocycles. The highest BCUT2D eigenvalue weighted by molar-refractivity contribution is 14.0. The van der Waals surface area contributed by atoms with E-state index in [4.69, 9.17) is 14.2 Å². The van der Waals surface area contributed by atoms with Crippen molar-refractivity contribution < 1.29 is 14.2 Å². The van der Waals surface area contributed by atoms with Gasteiger partial charge in [0.1, 0.15) is 0 Å². The van der Waals surface area contributed by atoms with Gasteiger partial charge in [-0.2, -0.15) is 0 Å². The number of aliphatic imine (C=N–C) groups is 1. The Bertz CT molecular complexity index is 708. The molecular weight excluding hydrogens is 447 g/mol. The average Bonchev–Trinajstić information content (AvgIpc) is 2.68. The van der Waals surface area contributed by atoms with Crippen molar-refractivity contribution in [3.8, 4) is 17.4 Å². The van der Waals surface area contributed by atoms with Gasteiger partial charge in [-0.05, 0) is 23.3 Å². The molecule has 0 atom stereocenters. The monoisotopic (exact) mass is 472 g/mol. The summed E-state index contributed by atoms with van der Waals surface area (Å²) >= 11 is 0. The Balaban J connectivity index is 0.00000338. The molecule has 0 aliphatic carbocycles. The molecule has 1 heterocycles. The number of pyridine rings is 1. The zero-order valence-corrected chi connectivity index (χ0v) is 17.7. The number of aromatic nitrogens is 1. The summed E-state index contributed by atoms with van der Waals surface area (Å²) < 4.78 is 15.6. The molecule has 2 aromatic rings. The summed E-state index contributed by atoms with van der Waals surface area (Å²) in [6.07, 6.45) is 1.77. The van der Waals surface area contributed by atoms with Crippen LogP contribution in [0.3, 0.4) is 0 Å². The minimum Gasteiger partial charge on any atom is -0.493 e. The van der Waals surface area contributed by atoms with E-state index in [2.05, 4.69) is 20.6 Å². The van der Waals surface area contributed by atoms with E-state index >= 15 is 0 Å². The number of nitrogens with one attached hydrogen (secondary N) is 2. The van der Waals surface area contributed by atoms with Crippen LogP contribution in [-0.4, -0.2) is 39.3 Å². The van der Waals surface area contributed by atoms with E-state index in [9.17, 15) is 0 Å². The van der Waals surface area contributed by atoms with Crippen LogP contribution in [0.1, 0.15) is 11.1 Å². The molecular formula is C18H25IN4O3. The highest BCUT2D eigenvalue weighted by Crippen LogP contribution is 2.27. The van der Waals surface area contributed by atoms with Gasteiger partial charge in [0.25, 0.3) is 0 Å². The summed E-state index contributed by atoms with van der Waals surface area (Å²) in [4.78, 5) is 8.40. The molecule has 142 valence electrons. The topological polar surface area (TPSA) is 77.0 Å². The lowest BCUT2D eigenvalue weighted by Gasteiger charge is -2.13. The zero-order valence-electron chi connectivity index (χ0n) is 15.4. The SMILES string of the molecule is CN=C(NCc1ccc(OC)nc1)NCc1ccc(OC)c(OC)c1.I. The highest BCUT2D eigenvalue weighted by atomic mass is 127. The number of hydrogen-bond acceptors (Lipinski definition) is 5. The number of halogens is 1. The molecule has 8 heteroatoms. The Kier molecular flexibility index (Phi) is 9.56. The molecule has 0 bridgehead atoms. The van der Waals surface area contributed by atoms with Gasteiger partial charge in [0.15, 0.2) is 17.5 Å². The van der Waals surface area contributed by atoms with E-state index in [1.165, 1.54) is 0 Å². The fourth-order valence-electron chi connectivity index (χ4n) is 2.22. The standard InChI is InChI=1S/C18H24N4O3.HI/c1-19-18(22-12-14-6-8-17(25-4)20-11-14)21-10-13-5-7-15(23-2)16(9-13)24-3;/h5-9,11H,10,12H2,1-4H3,(H2,19,21,22);1H. The maximum absolute atomic E-state index is 5.32. The third-order valence-electron chi connectivity index (χ3n) is 3.60. The molecule has 0 fully saturated rings. The molecule has 1 aromatic carbocycles. The number of hydrogen-bond donors (Lipinski definition) is 2. The zero-order chi connectivity index (χ0) is 18.1. The van der Waals surface area contributed by atoms with Gasteiger partial charge in [-0.15, -0.1) is 24.0 Å². The third-order valence-corrected chi connectivity index (χ3v) is 3.60. The van der Waals surface area contributed by atoms with Crippen molar-refractivity contribution in [1.29, 1.82) is 0 Å². The van der Waals surface area contributed by atoms with E-state index in [0.717, 1.165) is 11.1 Å². The average molecular weight is 472 g/mol. The van der Waals surface area contributed by atoms with Crippen LogP contribution in [-0.2, 0) is 13.1 Å². The van der Waals surface area contributed by atoms with Gasteiger partial charge in [0, 0.05) is 32.4 Å². The van der Waals surface area contributed by atoms with Gasteiger partial charge in [0.05, 0.1) is 21.3 Å². The summed E-state index contributed by atoms with van der Waals surface area (Å²) in [5, 5.41) is 6.51. The molecule has 0 aliphatic rings. The predicted octanol–water partition coefficient (Wildman–Crippen LogP) is 2.59. The Hall–Kier alpha value is -2.23. The molecule has 0 saturated carbocycles. The second kappa shape index (κ2) is 11.4. The Labute approximate surface area is 171 Å². The molecule has 2 N–H and O–H groups in total. The fraction of sp³-hybridized carbons (Fsp3) is 0.333. The molecule has 0 radical (unpaired) electrons. The lowest BCUT2D eigenvalue weighted by molar-refractivity contribution is 0.354. The van der Waals surface area contributed by atoms with Gasteiger partial charge in [-0.1, -0.05) is 12.1 Å². The lowest BCUT2D eigenvalue weighted by Crippen LogP contribution is -2.36. The van der Waals surface area contributed by atoms with Crippen LogP contribution in [0.15, 0.2) is 41.5 Å². The van der Waals surface area contributed by atoms with Crippen molar-refractivity contribution in [2.24, 2.45) is 4.99 Å². The van der Waals surface area contributed by atoms with E-state index in [1.807, 2.05) is 30.3 Å². The van der Waals surface area contributed by atoms with Crippen LogP contribution in [0, 0.1) is 0 Å². The fourth-order valence-corrected chi connectivity index (χ4v) is 2.22. The van der Waals surface area contributed by atoms with Gasteiger partial charge < -0.3 is 24.8 Å². The maximum atomic E-state index is 5.32. The van der Waals surface area contributed by atoms with Gasteiger partial charge in [-0.3, -0.25) is 4.99 Å². The molecule has 0 spiro atoms.